The molecule has 0 aromatic heterocycles. The van der Waals surface area contributed by atoms with Gasteiger partial charge in [0.2, 0.25) is 15.9 Å². The molecule has 2 N–H and O–H groups in total. The fourth-order valence-electron chi connectivity index (χ4n) is 2.99. The zero-order valence-corrected chi connectivity index (χ0v) is 16.2. The van der Waals surface area contributed by atoms with Crippen LogP contribution in [0.15, 0.2) is 35.2 Å². The topological polar surface area (TPSA) is 78.5 Å². The van der Waals surface area contributed by atoms with E-state index in [0.29, 0.717) is 0 Å². The van der Waals surface area contributed by atoms with Gasteiger partial charge in [-0.2, -0.15) is 0 Å². The van der Waals surface area contributed by atoms with Gasteiger partial charge in [-0.15, -0.1) is 12.4 Å². The van der Waals surface area contributed by atoms with Crippen LogP contribution in [0.1, 0.15) is 32.6 Å². The van der Waals surface area contributed by atoms with Gasteiger partial charge in [0.05, 0.1) is 4.90 Å². The normalized spacial score (nSPS) is 15.4. The van der Waals surface area contributed by atoms with Crippen LogP contribution in [-0.4, -0.2) is 51.4 Å². The van der Waals surface area contributed by atoms with Gasteiger partial charge in [0, 0.05) is 25.6 Å². The number of hydrogen-bond donors (Lipinski definition) is 2. The van der Waals surface area contributed by atoms with Gasteiger partial charge in [0.25, 0.3) is 0 Å². The van der Waals surface area contributed by atoms with Crippen molar-refractivity contribution in [3.05, 3.63) is 30.3 Å². The van der Waals surface area contributed by atoms with Crippen LogP contribution in [0.3, 0.4) is 0 Å². The van der Waals surface area contributed by atoms with Crippen molar-refractivity contribution in [3.63, 3.8) is 0 Å². The summed E-state index contributed by atoms with van der Waals surface area (Å²) in [5.74, 6) is 0.0273. The van der Waals surface area contributed by atoms with Crippen molar-refractivity contribution in [1.29, 1.82) is 0 Å². The Kier molecular flexibility index (Phi) is 9.42. The molecule has 1 fully saturated rings. The van der Waals surface area contributed by atoms with E-state index in [1.54, 1.807) is 30.3 Å². The van der Waals surface area contributed by atoms with Crippen LogP contribution in [0.5, 0.6) is 0 Å². The standard InChI is InChI=1S/C17H27N3O3S.ClH/c1-2-14-20(15-8-11-18-12-9-15)17(21)10-13-19-24(22,23)16-6-4-3-5-7-16;/h3-7,15,18-19H,2,8-14H2,1H3;1H. The summed E-state index contributed by atoms with van der Waals surface area (Å²) in [5, 5.41) is 3.30. The van der Waals surface area contributed by atoms with Crippen molar-refractivity contribution in [2.24, 2.45) is 0 Å². The van der Waals surface area contributed by atoms with E-state index < -0.39 is 10.0 Å². The number of sulfonamides is 1. The van der Waals surface area contributed by atoms with Gasteiger partial charge < -0.3 is 10.2 Å². The highest BCUT2D eigenvalue weighted by molar-refractivity contribution is 7.89. The predicted octanol–water partition coefficient (Wildman–Crippen LogP) is 1.77. The van der Waals surface area contributed by atoms with Gasteiger partial charge >= 0.3 is 0 Å². The summed E-state index contributed by atoms with van der Waals surface area (Å²) in [7, 11) is -3.55. The highest BCUT2D eigenvalue weighted by Gasteiger charge is 2.24. The van der Waals surface area contributed by atoms with Crippen LogP contribution < -0.4 is 10.0 Å². The quantitative estimate of drug-likeness (QED) is 0.710. The molecule has 1 heterocycles. The lowest BCUT2D eigenvalue weighted by atomic mass is 10.0. The zero-order valence-electron chi connectivity index (χ0n) is 14.6. The number of nitrogens with zero attached hydrogens (tertiary/aromatic N) is 1. The van der Waals surface area contributed by atoms with Crippen molar-refractivity contribution in [2.45, 2.75) is 43.5 Å². The molecule has 0 saturated carbocycles. The number of halogens is 1. The molecule has 1 aromatic rings. The van der Waals surface area contributed by atoms with Crippen LogP contribution in [0.2, 0.25) is 0 Å². The van der Waals surface area contributed by atoms with Gasteiger partial charge in [0.15, 0.2) is 0 Å². The Balaban J connectivity index is 0.00000312. The van der Waals surface area contributed by atoms with E-state index >= 15 is 0 Å². The Morgan fingerprint density at radius 1 is 1.24 bits per heavy atom. The molecule has 1 aliphatic heterocycles. The van der Waals surface area contributed by atoms with Crippen molar-refractivity contribution < 1.29 is 13.2 Å². The fraction of sp³-hybridized carbons (Fsp3) is 0.588. The van der Waals surface area contributed by atoms with E-state index in [0.717, 1.165) is 38.9 Å². The molecule has 1 aromatic carbocycles. The Morgan fingerprint density at radius 3 is 2.48 bits per heavy atom. The lowest BCUT2D eigenvalue weighted by Crippen LogP contribution is -2.47. The summed E-state index contributed by atoms with van der Waals surface area (Å²) < 4.78 is 26.9. The summed E-state index contributed by atoms with van der Waals surface area (Å²) in [6.45, 7) is 4.77. The SMILES string of the molecule is CCCN(C(=O)CCNS(=O)(=O)c1ccccc1)C1CCNCC1.Cl. The summed E-state index contributed by atoms with van der Waals surface area (Å²) in [6, 6.07) is 8.49. The van der Waals surface area contributed by atoms with Crippen molar-refractivity contribution >= 4 is 28.3 Å². The van der Waals surface area contributed by atoms with Crippen LogP contribution in [0.4, 0.5) is 0 Å². The second kappa shape index (κ2) is 10.8. The van der Waals surface area contributed by atoms with Crippen LogP contribution in [0.25, 0.3) is 0 Å². The predicted molar refractivity (Wildman–Crippen MR) is 101 cm³/mol. The van der Waals surface area contributed by atoms with Gasteiger partial charge in [0.1, 0.15) is 0 Å². The summed E-state index contributed by atoms with van der Waals surface area (Å²) in [4.78, 5) is 14.7. The third-order valence-electron chi connectivity index (χ3n) is 4.22. The molecule has 0 atom stereocenters. The maximum Gasteiger partial charge on any atom is 0.240 e. The number of hydrogen-bond acceptors (Lipinski definition) is 4. The summed E-state index contributed by atoms with van der Waals surface area (Å²) >= 11 is 0. The molecule has 142 valence electrons. The first-order valence-corrected chi connectivity index (χ1v) is 10.1. The number of carbonyl (C=O) groups is 1. The van der Waals surface area contributed by atoms with Gasteiger partial charge in [-0.05, 0) is 44.5 Å². The van der Waals surface area contributed by atoms with Crippen LogP contribution in [0, 0.1) is 0 Å². The van der Waals surface area contributed by atoms with Gasteiger partial charge in [-0.1, -0.05) is 25.1 Å². The second-order valence-electron chi connectivity index (χ2n) is 6.03. The third kappa shape index (κ3) is 6.58. The molecule has 0 bridgehead atoms. The van der Waals surface area contributed by atoms with Gasteiger partial charge in [-0.3, -0.25) is 4.79 Å². The van der Waals surface area contributed by atoms with E-state index in [2.05, 4.69) is 17.0 Å². The van der Waals surface area contributed by atoms with Gasteiger partial charge in [-0.25, -0.2) is 13.1 Å². The lowest BCUT2D eigenvalue weighted by Gasteiger charge is -2.34. The van der Waals surface area contributed by atoms with E-state index in [1.807, 2.05) is 4.90 Å². The minimum atomic E-state index is -3.55. The van der Waals surface area contributed by atoms with Crippen molar-refractivity contribution in [1.82, 2.24) is 14.9 Å². The molecule has 0 radical (unpaired) electrons. The minimum Gasteiger partial charge on any atom is -0.340 e. The average Bonchev–Trinajstić information content (AvgIpc) is 2.61. The maximum atomic E-state index is 12.5. The molecular formula is C17H28ClN3O3S. The highest BCUT2D eigenvalue weighted by Crippen LogP contribution is 2.14. The van der Waals surface area contributed by atoms with Crippen molar-refractivity contribution in [2.75, 3.05) is 26.2 Å². The Hall–Kier alpha value is -1.15. The fourth-order valence-corrected chi connectivity index (χ4v) is 4.04. The van der Waals surface area contributed by atoms with E-state index in [1.165, 1.54) is 0 Å². The first-order valence-electron chi connectivity index (χ1n) is 8.59. The summed E-state index contributed by atoms with van der Waals surface area (Å²) in [5.41, 5.74) is 0. The van der Waals surface area contributed by atoms with Crippen molar-refractivity contribution in [3.8, 4) is 0 Å². The molecule has 25 heavy (non-hydrogen) atoms. The average molecular weight is 390 g/mol. The molecule has 0 spiro atoms. The Morgan fingerprint density at radius 2 is 1.88 bits per heavy atom. The second-order valence-corrected chi connectivity index (χ2v) is 7.80. The molecule has 1 amide bonds. The first-order chi connectivity index (χ1) is 11.5. The molecule has 2 rings (SSSR count). The first kappa shape index (κ1) is 21.9. The number of rotatable bonds is 8. The monoisotopic (exact) mass is 389 g/mol. The maximum absolute atomic E-state index is 12.5. The number of piperidine rings is 1. The third-order valence-corrected chi connectivity index (χ3v) is 5.70. The van der Waals surface area contributed by atoms with E-state index in [9.17, 15) is 13.2 Å². The zero-order chi connectivity index (χ0) is 17.4. The molecule has 8 heteroatoms. The van der Waals surface area contributed by atoms with Crippen LogP contribution in [-0.2, 0) is 14.8 Å². The molecular weight excluding hydrogens is 362 g/mol. The smallest absolute Gasteiger partial charge is 0.240 e. The number of nitrogens with one attached hydrogen (secondary N) is 2. The molecule has 1 saturated heterocycles. The molecule has 0 aliphatic carbocycles. The van der Waals surface area contributed by atoms with Crippen LogP contribution >= 0.6 is 12.4 Å². The van der Waals surface area contributed by atoms with E-state index in [4.69, 9.17) is 0 Å². The summed E-state index contributed by atoms with van der Waals surface area (Å²) in [6.07, 6.45) is 3.02. The molecule has 0 unspecified atom stereocenters. The Bertz CT molecular complexity index is 619. The number of amides is 1. The largest absolute Gasteiger partial charge is 0.340 e. The molecule has 1 aliphatic rings. The minimum absolute atomic E-state index is 0. The lowest BCUT2D eigenvalue weighted by molar-refractivity contribution is -0.133. The number of benzene rings is 1. The van der Waals surface area contributed by atoms with E-state index in [-0.39, 0.29) is 42.2 Å². The Labute approximate surface area is 156 Å². The molecule has 6 nitrogen and oxygen atoms in total. The number of carbonyl (C=O) groups excluding carboxylic acids is 1. The highest BCUT2D eigenvalue weighted by atomic mass is 35.5.